The van der Waals surface area contributed by atoms with E-state index in [0.717, 1.165) is 38.6 Å². The van der Waals surface area contributed by atoms with Gasteiger partial charge in [-0.2, -0.15) is 0 Å². The monoisotopic (exact) mass is 224 g/mol. The van der Waals surface area contributed by atoms with Crippen molar-refractivity contribution in [3.05, 3.63) is 18.2 Å². The maximum Gasteiger partial charge on any atom is 0.122 e. The van der Waals surface area contributed by atoms with Crippen LogP contribution in [-0.2, 0) is 18.3 Å². The van der Waals surface area contributed by atoms with Crippen LogP contribution in [-0.4, -0.2) is 53.8 Å². The lowest BCUT2D eigenvalue weighted by Gasteiger charge is -2.30. The Morgan fingerprint density at radius 2 is 2.44 bits per heavy atom. The number of ether oxygens (including phenoxy) is 1. The predicted molar refractivity (Wildman–Crippen MR) is 62.2 cm³/mol. The number of likely N-dealkylation sites (N-methyl/N-ethyl adjacent to an activating group) is 1. The van der Waals surface area contributed by atoms with Crippen molar-refractivity contribution in [2.24, 2.45) is 7.05 Å². The number of imidazole rings is 1. The van der Waals surface area contributed by atoms with Crippen molar-refractivity contribution in [1.29, 1.82) is 0 Å². The summed E-state index contributed by atoms with van der Waals surface area (Å²) < 4.78 is 7.70. The summed E-state index contributed by atoms with van der Waals surface area (Å²) in [7, 11) is 4.14. The molecular weight excluding hydrogens is 204 g/mol. The van der Waals surface area contributed by atoms with Crippen LogP contribution in [0.5, 0.6) is 0 Å². The standard InChI is InChI=1S/C11H20N4O/c1-14-5-6-16-10(9-14)7-12-8-11-13-3-4-15(11)2/h3-4,10,12H,5-9H2,1-2H3. The second-order valence-electron chi connectivity index (χ2n) is 4.34. The van der Waals surface area contributed by atoms with Gasteiger partial charge in [0.05, 0.1) is 19.3 Å². The molecule has 0 spiro atoms. The van der Waals surface area contributed by atoms with E-state index < -0.39 is 0 Å². The fraction of sp³-hybridized carbons (Fsp3) is 0.727. The average molecular weight is 224 g/mol. The minimum absolute atomic E-state index is 0.305. The smallest absolute Gasteiger partial charge is 0.122 e. The van der Waals surface area contributed by atoms with E-state index in [4.69, 9.17) is 4.74 Å². The highest BCUT2D eigenvalue weighted by atomic mass is 16.5. The SMILES string of the molecule is CN1CCOC(CNCc2nccn2C)C1. The molecule has 90 valence electrons. The maximum atomic E-state index is 5.67. The maximum absolute atomic E-state index is 5.67. The Bertz CT molecular complexity index is 326. The molecule has 5 heteroatoms. The van der Waals surface area contributed by atoms with E-state index in [2.05, 4.69) is 22.2 Å². The highest BCUT2D eigenvalue weighted by Gasteiger charge is 2.16. The van der Waals surface area contributed by atoms with E-state index in [1.54, 1.807) is 0 Å². The molecule has 1 aliphatic rings. The number of hydrogen-bond donors (Lipinski definition) is 1. The van der Waals surface area contributed by atoms with Crippen molar-refractivity contribution in [1.82, 2.24) is 19.8 Å². The average Bonchev–Trinajstić information content (AvgIpc) is 2.65. The molecule has 16 heavy (non-hydrogen) atoms. The number of hydrogen-bond acceptors (Lipinski definition) is 4. The van der Waals surface area contributed by atoms with Crippen molar-refractivity contribution < 1.29 is 4.74 Å². The molecule has 1 fully saturated rings. The third kappa shape index (κ3) is 3.04. The van der Waals surface area contributed by atoms with Gasteiger partial charge in [-0.1, -0.05) is 0 Å². The van der Waals surface area contributed by atoms with E-state index in [1.807, 2.05) is 24.0 Å². The lowest BCUT2D eigenvalue weighted by Crippen LogP contribution is -2.44. The van der Waals surface area contributed by atoms with Gasteiger partial charge < -0.3 is 19.5 Å². The zero-order valence-electron chi connectivity index (χ0n) is 10.0. The molecule has 1 N–H and O–H groups in total. The van der Waals surface area contributed by atoms with Crippen molar-refractivity contribution >= 4 is 0 Å². The van der Waals surface area contributed by atoms with Crippen LogP contribution < -0.4 is 5.32 Å². The van der Waals surface area contributed by atoms with Crippen LogP contribution in [0.3, 0.4) is 0 Å². The van der Waals surface area contributed by atoms with Crippen LogP contribution in [0.15, 0.2) is 12.4 Å². The molecule has 0 amide bonds. The first-order chi connectivity index (χ1) is 7.75. The molecule has 0 radical (unpaired) electrons. The summed E-state index contributed by atoms with van der Waals surface area (Å²) in [5.41, 5.74) is 0. The van der Waals surface area contributed by atoms with Crippen LogP contribution in [0.1, 0.15) is 5.82 Å². The summed E-state index contributed by atoms with van der Waals surface area (Å²) in [5.74, 6) is 1.06. The molecule has 1 saturated heterocycles. The van der Waals surface area contributed by atoms with Crippen molar-refractivity contribution in [3.8, 4) is 0 Å². The number of nitrogens with one attached hydrogen (secondary N) is 1. The van der Waals surface area contributed by atoms with Gasteiger partial charge in [0.2, 0.25) is 0 Å². The molecule has 0 bridgehead atoms. The van der Waals surface area contributed by atoms with Gasteiger partial charge in [0.15, 0.2) is 0 Å². The fourth-order valence-corrected chi connectivity index (χ4v) is 1.90. The normalized spacial score (nSPS) is 22.5. The highest BCUT2D eigenvalue weighted by molar-refractivity contribution is 4.90. The van der Waals surface area contributed by atoms with Crippen LogP contribution >= 0.6 is 0 Å². The van der Waals surface area contributed by atoms with Gasteiger partial charge in [-0.25, -0.2) is 4.98 Å². The summed E-state index contributed by atoms with van der Waals surface area (Å²) in [6, 6.07) is 0. The molecule has 1 unspecified atom stereocenters. The Kier molecular flexibility index (Phi) is 3.93. The van der Waals surface area contributed by atoms with Crippen molar-refractivity contribution in [2.45, 2.75) is 12.6 Å². The molecule has 2 heterocycles. The van der Waals surface area contributed by atoms with Crippen LogP contribution in [0, 0.1) is 0 Å². The van der Waals surface area contributed by atoms with Crippen LogP contribution in [0.25, 0.3) is 0 Å². The van der Waals surface area contributed by atoms with Gasteiger partial charge >= 0.3 is 0 Å². The summed E-state index contributed by atoms with van der Waals surface area (Å²) in [6.07, 6.45) is 4.09. The second-order valence-corrected chi connectivity index (χ2v) is 4.34. The Balaban J connectivity index is 1.70. The minimum atomic E-state index is 0.305. The Hall–Kier alpha value is -0.910. The third-order valence-corrected chi connectivity index (χ3v) is 2.92. The zero-order valence-corrected chi connectivity index (χ0v) is 10.0. The van der Waals surface area contributed by atoms with Gasteiger partial charge in [0, 0.05) is 39.1 Å². The van der Waals surface area contributed by atoms with Gasteiger partial charge in [-0.15, -0.1) is 0 Å². The van der Waals surface area contributed by atoms with Crippen molar-refractivity contribution in [3.63, 3.8) is 0 Å². The van der Waals surface area contributed by atoms with E-state index >= 15 is 0 Å². The summed E-state index contributed by atoms with van der Waals surface area (Å²) >= 11 is 0. The van der Waals surface area contributed by atoms with E-state index in [1.165, 1.54) is 0 Å². The molecular formula is C11H20N4O. The molecule has 0 aromatic carbocycles. The predicted octanol–water partition coefficient (Wildman–Crippen LogP) is -0.160. The number of aromatic nitrogens is 2. The zero-order chi connectivity index (χ0) is 11.4. The molecule has 1 aliphatic heterocycles. The first-order valence-corrected chi connectivity index (χ1v) is 5.73. The van der Waals surface area contributed by atoms with Crippen molar-refractivity contribution in [2.75, 3.05) is 33.3 Å². The molecule has 0 aliphatic carbocycles. The van der Waals surface area contributed by atoms with Crippen LogP contribution in [0.4, 0.5) is 0 Å². The fourth-order valence-electron chi connectivity index (χ4n) is 1.90. The van der Waals surface area contributed by atoms with E-state index in [9.17, 15) is 0 Å². The quantitative estimate of drug-likeness (QED) is 0.772. The molecule has 5 nitrogen and oxygen atoms in total. The Morgan fingerprint density at radius 3 is 3.12 bits per heavy atom. The van der Waals surface area contributed by atoms with E-state index in [0.29, 0.717) is 6.10 Å². The van der Waals surface area contributed by atoms with Gasteiger partial charge in [-0.05, 0) is 7.05 Å². The summed E-state index contributed by atoms with van der Waals surface area (Å²) in [5, 5.41) is 3.38. The summed E-state index contributed by atoms with van der Waals surface area (Å²) in [6.45, 7) is 4.57. The topological polar surface area (TPSA) is 42.3 Å². The lowest BCUT2D eigenvalue weighted by molar-refractivity contribution is -0.0183. The van der Waals surface area contributed by atoms with Gasteiger partial charge in [0.1, 0.15) is 5.82 Å². The number of aryl methyl sites for hydroxylation is 1. The number of nitrogens with zero attached hydrogens (tertiary/aromatic N) is 3. The second kappa shape index (κ2) is 5.43. The highest BCUT2D eigenvalue weighted by Crippen LogP contribution is 2.02. The van der Waals surface area contributed by atoms with Gasteiger partial charge in [-0.3, -0.25) is 0 Å². The largest absolute Gasteiger partial charge is 0.374 e. The summed E-state index contributed by atoms with van der Waals surface area (Å²) in [4.78, 5) is 6.56. The van der Waals surface area contributed by atoms with Gasteiger partial charge in [0.25, 0.3) is 0 Å². The Morgan fingerprint density at radius 1 is 1.56 bits per heavy atom. The molecule has 1 aromatic heterocycles. The first kappa shape index (κ1) is 11.6. The lowest BCUT2D eigenvalue weighted by atomic mass is 10.3. The molecule has 2 rings (SSSR count). The number of morpholine rings is 1. The van der Waals surface area contributed by atoms with E-state index in [-0.39, 0.29) is 0 Å². The molecule has 1 aromatic rings. The first-order valence-electron chi connectivity index (χ1n) is 5.73. The van der Waals surface area contributed by atoms with Crippen LogP contribution in [0.2, 0.25) is 0 Å². The minimum Gasteiger partial charge on any atom is -0.374 e. The molecule has 0 saturated carbocycles. The molecule has 1 atom stereocenters. The Labute approximate surface area is 96.4 Å². The number of rotatable bonds is 4. The third-order valence-electron chi connectivity index (χ3n) is 2.92.